The maximum Gasteiger partial charge on any atom is 0.282 e. The third-order valence-corrected chi connectivity index (χ3v) is 6.80. The zero-order valence-electron chi connectivity index (χ0n) is 17.8. The van der Waals surface area contributed by atoms with E-state index in [4.69, 9.17) is 4.74 Å². The van der Waals surface area contributed by atoms with E-state index in [0.29, 0.717) is 29.8 Å². The van der Waals surface area contributed by atoms with Gasteiger partial charge in [-0.1, -0.05) is 50.9 Å². The lowest BCUT2D eigenvalue weighted by atomic mass is 10.2. The number of hydrogen-bond donors (Lipinski definition) is 0. The lowest BCUT2D eigenvalue weighted by molar-refractivity contribution is 0.304. The smallest absolute Gasteiger partial charge is 0.282 e. The van der Waals surface area contributed by atoms with Gasteiger partial charge in [0.2, 0.25) is 0 Å². The first kappa shape index (κ1) is 24.1. The topological polar surface area (TPSA) is 56.5 Å². The van der Waals surface area contributed by atoms with Crippen molar-refractivity contribution in [3.63, 3.8) is 0 Å². The fourth-order valence-electron chi connectivity index (χ4n) is 3.28. The van der Waals surface area contributed by atoms with E-state index in [1.807, 2.05) is 54.6 Å². The molecule has 0 bridgehead atoms. The first-order chi connectivity index (χ1) is 15.9. The molecule has 1 heterocycles. The van der Waals surface area contributed by atoms with Gasteiger partial charge in [-0.3, -0.25) is 4.79 Å². The van der Waals surface area contributed by atoms with Crippen molar-refractivity contribution in [2.75, 3.05) is 0 Å². The zero-order chi connectivity index (χ0) is 23.4. The van der Waals surface area contributed by atoms with Crippen molar-refractivity contribution in [3.05, 3.63) is 100 Å². The molecule has 33 heavy (non-hydrogen) atoms. The molecule has 0 spiro atoms. The predicted molar refractivity (Wildman–Crippen MR) is 148 cm³/mol. The quantitative estimate of drug-likeness (QED) is 0.157. The standard InChI is InChI=1S/C25H20Br2IN3O2/c1-2-3-24-30-22-10-9-19(27)13-20(22)25(32)31(24)29-14-17-6-11-23(21(28)12-17)33-15-16-4-7-18(26)8-5-16/h4-14H,2-3,15H2,1H3. The maximum atomic E-state index is 13.1. The largest absolute Gasteiger partial charge is 0.488 e. The van der Waals surface area contributed by atoms with Crippen molar-refractivity contribution in [1.29, 1.82) is 0 Å². The lowest BCUT2D eigenvalue weighted by Crippen LogP contribution is -2.22. The van der Waals surface area contributed by atoms with Crippen LogP contribution in [0.3, 0.4) is 0 Å². The molecule has 0 fully saturated rings. The van der Waals surface area contributed by atoms with E-state index in [2.05, 4.69) is 71.5 Å². The molecule has 4 aromatic rings. The second kappa shape index (κ2) is 10.9. The van der Waals surface area contributed by atoms with Gasteiger partial charge >= 0.3 is 0 Å². The van der Waals surface area contributed by atoms with E-state index in [0.717, 1.165) is 35.8 Å². The van der Waals surface area contributed by atoms with Crippen LogP contribution in [0, 0.1) is 3.57 Å². The first-order valence-corrected chi connectivity index (χ1v) is 13.0. The molecule has 168 valence electrons. The van der Waals surface area contributed by atoms with Crippen molar-refractivity contribution in [3.8, 4) is 5.75 Å². The second-order valence-corrected chi connectivity index (χ2v) is 10.4. The Kier molecular flexibility index (Phi) is 7.98. The number of aromatic nitrogens is 2. The summed E-state index contributed by atoms with van der Waals surface area (Å²) >= 11 is 9.13. The molecule has 0 aliphatic rings. The molecule has 0 radical (unpaired) electrons. The summed E-state index contributed by atoms with van der Waals surface area (Å²) in [6.45, 7) is 2.55. The van der Waals surface area contributed by atoms with Crippen LogP contribution < -0.4 is 10.3 Å². The summed E-state index contributed by atoms with van der Waals surface area (Å²) in [6.07, 6.45) is 3.22. The molecule has 0 atom stereocenters. The molecular weight excluding hydrogens is 661 g/mol. The maximum absolute atomic E-state index is 13.1. The van der Waals surface area contributed by atoms with Crippen LogP contribution in [-0.4, -0.2) is 15.9 Å². The van der Waals surface area contributed by atoms with Crippen molar-refractivity contribution in [2.24, 2.45) is 5.10 Å². The third-order valence-electron chi connectivity index (χ3n) is 4.93. The minimum absolute atomic E-state index is 0.176. The highest BCUT2D eigenvalue weighted by Crippen LogP contribution is 2.23. The molecule has 0 N–H and O–H groups in total. The van der Waals surface area contributed by atoms with Gasteiger partial charge in [-0.2, -0.15) is 9.78 Å². The number of rotatable bonds is 7. The summed E-state index contributed by atoms with van der Waals surface area (Å²) in [5, 5.41) is 5.03. The molecule has 0 saturated heterocycles. The normalized spacial score (nSPS) is 11.4. The van der Waals surface area contributed by atoms with Crippen molar-refractivity contribution < 1.29 is 4.74 Å². The van der Waals surface area contributed by atoms with Gasteiger partial charge in [0.15, 0.2) is 0 Å². The molecule has 8 heteroatoms. The number of hydrogen-bond acceptors (Lipinski definition) is 4. The van der Waals surface area contributed by atoms with Crippen LogP contribution >= 0.6 is 54.5 Å². The summed E-state index contributed by atoms with van der Waals surface area (Å²) < 4.78 is 10.2. The van der Waals surface area contributed by atoms with Crippen LogP contribution in [0.4, 0.5) is 0 Å². The van der Waals surface area contributed by atoms with E-state index in [9.17, 15) is 4.79 Å². The molecule has 1 aromatic heterocycles. The Morgan fingerprint density at radius 2 is 1.82 bits per heavy atom. The molecule has 0 aliphatic heterocycles. The summed E-state index contributed by atoms with van der Waals surface area (Å²) in [7, 11) is 0. The second-order valence-electron chi connectivity index (χ2n) is 7.41. The van der Waals surface area contributed by atoms with Crippen molar-refractivity contribution in [2.45, 2.75) is 26.4 Å². The Balaban J connectivity index is 1.59. The van der Waals surface area contributed by atoms with Crippen molar-refractivity contribution in [1.82, 2.24) is 9.66 Å². The van der Waals surface area contributed by atoms with Gasteiger partial charge in [0, 0.05) is 15.4 Å². The van der Waals surface area contributed by atoms with Gasteiger partial charge < -0.3 is 4.74 Å². The van der Waals surface area contributed by atoms with E-state index in [-0.39, 0.29) is 5.56 Å². The number of nitrogens with zero attached hydrogens (tertiary/aromatic N) is 3. The van der Waals surface area contributed by atoms with Crippen LogP contribution in [-0.2, 0) is 13.0 Å². The highest BCUT2D eigenvalue weighted by molar-refractivity contribution is 14.1. The Morgan fingerprint density at radius 3 is 2.55 bits per heavy atom. The van der Waals surface area contributed by atoms with Crippen LogP contribution in [0.5, 0.6) is 5.75 Å². The fourth-order valence-corrected chi connectivity index (χ4v) is 4.60. The monoisotopic (exact) mass is 679 g/mol. The molecule has 4 rings (SSSR count). The summed E-state index contributed by atoms with van der Waals surface area (Å²) in [6, 6.07) is 19.4. The fraction of sp³-hybridized carbons (Fsp3) is 0.160. The average Bonchev–Trinajstić information content (AvgIpc) is 2.80. The van der Waals surface area contributed by atoms with Crippen LogP contribution in [0.15, 0.2) is 79.5 Å². The lowest BCUT2D eigenvalue weighted by Gasteiger charge is -2.10. The average molecular weight is 681 g/mol. The van der Waals surface area contributed by atoms with E-state index >= 15 is 0 Å². The zero-order valence-corrected chi connectivity index (χ0v) is 23.1. The Bertz CT molecular complexity index is 1390. The van der Waals surface area contributed by atoms with Gasteiger partial charge in [0.25, 0.3) is 5.56 Å². The number of aryl methyl sites for hydroxylation is 1. The first-order valence-electron chi connectivity index (χ1n) is 10.4. The number of halogens is 3. The Labute approximate surface area is 222 Å². The minimum atomic E-state index is -0.176. The summed E-state index contributed by atoms with van der Waals surface area (Å²) in [5.41, 5.74) is 2.47. The SMILES string of the molecule is CCCc1nc2ccc(Br)cc2c(=O)n1N=Cc1ccc(OCc2ccc(Br)cc2)c(I)c1. The predicted octanol–water partition coefficient (Wildman–Crippen LogP) is 6.94. The third kappa shape index (κ3) is 5.91. The molecule has 0 unspecified atom stereocenters. The van der Waals surface area contributed by atoms with Gasteiger partial charge in [-0.25, -0.2) is 4.98 Å². The summed E-state index contributed by atoms with van der Waals surface area (Å²) in [4.78, 5) is 17.8. The van der Waals surface area contributed by atoms with E-state index in [1.165, 1.54) is 4.68 Å². The van der Waals surface area contributed by atoms with Crippen LogP contribution in [0.2, 0.25) is 0 Å². The van der Waals surface area contributed by atoms with Crippen LogP contribution in [0.1, 0.15) is 30.3 Å². The molecule has 5 nitrogen and oxygen atoms in total. The van der Waals surface area contributed by atoms with Gasteiger partial charge in [-0.15, -0.1) is 0 Å². The van der Waals surface area contributed by atoms with Gasteiger partial charge in [0.05, 0.1) is 20.7 Å². The molecule has 0 aliphatic carbocycles. The van der Waals surface area contributed by atoms with Crippen molar-refractivity contribution >= 4 is 71.6 Å². The molecule has 0 saturated carbocycles. The highest BCUT2D eigenvalue weighted by atomic mass is 127. The minimum Gasteiger partial charge on any atom is -0.488 e. The number of benzene rings is 3. The molecule has 3 aromatic carbocycles. The van der Waals surface area contributed by atoms with E-state index in [1.54, 1.807) is 12.3 Å². The van der Waals surface area contributed by atoms with Gasteiger partial charge in [0.1, 0.15) is 18.2 Å². The van der Waals surface area contributed by atoms with Crippen LogP contribution in [0.25, 0.3) is 10.9 Å². The Morgan fingerprint density at radius 1 is 1.06 bits per heavy atom. The number of fused-ring (bicyclic) bond motifs is 1. The number of ether oxygens (including phenoxy) is 1. The Hall–Kier alpha value is -2.04. The molecular formula is C25H20Br2IN3O2. The van der Waals surface area contributed by atoms with Gasteiger partial charge in [-0.05, 0) is 88.7 Å². The van der Waals surface area contributed by atoms with E-state index < -0.39 is 0 Å². The molecule has 0 amide bonds. The highest BCUT2D eigenvalue weighted by Gasteiger charge is 2.11. The summed E-state index contributed by atoms with van der Waals surface area (Å²) in [5.74, 6) is 1.45.